The number of hydrogen-bond donors (Lipinski definition) is 2. The number of carbonyl (C=O) groups is 1. The largest absolute Gasteiger partial charge is 0.388 e. The Morgan fingerprint density at radius 3 is 2.59 bits per heavy atom. The minimum absolute atomic E-state index is 0.0117. The van der Waals surface area contributed by atoms with Gasteiger partial charge in [-0.3, -0.25) is 18.7 Å². The van der Waals surface area contributed by atoms with E-state index >= 15 is 0 Å². The Bertz CT molecular complexity index is 1380. The molecule has 2 aromatic heterocycles. The van der Waals surface area contributed by atoms with Gasteiger partial charge in [0, 0.05) is 37.3 Å². The number of amides is 1. The number of hydrogen-bond acceptors (Lipinski definition) is 6. The standard InChI is InChI=1S/C27H32ClN5O4/c1-26(6-7-26)25(35)31-11-8-27(36,9-12-31)16-32-17-30-23-20(24(32)34)14-22(28)33(23)19-4-2-18(3-5-19)21-15-29-10-13-37-21/h2-5,14,17,21,29,36H,6-13,15-16H2,1H3. The molecule has 0 bridgehead atoms. The molecule has 1 atom stereocenters. The van der Waals surface area contributed by atoms with Crippen LogP contribution in [0.3, 0.4) is 0 Å². The first-order valence-corrected chi connectivity index (χ1v) is 13.4. The highest BCUT2D eigenvalue weighted by Gasteiger charge is 2.48. The number of nitrogens with zero attached hydrogens (tertiary/aromatic N) is 4. The summed E-state index contributed by atoms with van der Waals surface area (Å²) in [6, 6.07) is 9.54. The monoisotopic (exact) mass is 525 g/mol. The number of halogens is 1. The molecule has 1 aromatic carbocycles. The average molecular weight is 526 g/mol. The first-order chi connectivity index (χ1) is 17.8. The quantitative estimate of drug-likeness (QED) is 0.531. The average Bonchev–Trinajstić information content (AvgIpc) is 3.57. The van der Waals surface area contributed by atoms with E-state index in [4.69, 9.17) is 16.3 Å². The molecule has 10 heteroatoms. The maximum absolute atomic E-state index is 13.4. The van der Waals surface area contributed by atoms with Crippen molar-refractivity contribution in [1.82, 2.24) is 24.3 Å². The number of rotatable bonds is 5. The van der Waals surface area contributed by atoms with Gasteiger partial charge in [0.05, 0.1) is 30.2 Å². The summed E-state index contributed by atoms with van der Waals surface area (Å²) in [4.78, 5) is 32.4. The number of likely N-dealkylation sites (tertiary alicyclic amines) is 1. The predicted octanol–water partition coefficient (Wildman–Crippen LogP) is 2.66. The first-order valence-electron chi connectivity index (χ1n) is 13.0. The first kappa shape index (κ1) is 24.6. The number of benzene rings is 1. The predicted molar refractivity (Wildman–Crippen MR) is 140 cm³/mol. The number of aliphatic hydroxyl groups is 1. The van der Waals surface area contributed by atoms with E-state index in [2.05, 4.69) is 10.3 Å². The van der Waals surface area contributed by atoms with E-state index in [1.807, 2.05) is 36.1 Å². The van der Waals surface area contributed by atoms with Gasteiger partial charge in [-0.2, -0.15) is 0 Å². The second-order valence-electron chi connectivity index (χ2n) is 10.9. The minimum Gasteiger partial charge on any atom is -0.388 e. The van der Waals surface area contributed by atoms with E-state index in [9.17, 15) is 14.7 Å². The molecule has 1 aliphatic carbocycles. The van der Waals surface area contributed by atoms with Crippen LogP contribution in [0.15, 0.2) is 41.5 Å². The highest BCUT2D eigenvalue weighted by atomic mass is 35.5. The van der Waals surface area contributed by atoms with Crippen LogP contribution in [-0.2, 0) is 16.1 Å². The van der Waals surface area contributed by atoms with Gasteiger partial charge in [-0.1, -0.05) is 30.7 Å². The lowest BCUT2D eigenvalue weighted by molar-refractivity contribution is -0.141. The van der Waals surface area contributed by atoms with Crippen LogP contribution < -0.4 is 10.9 Å². The number of ether oxygens (including phenoxy) is 1. The van der Waals surface area contributed by atoms with Crippen molar-refractivity contribution in [3.63, 3.8) is 0 Å². The molecule has 37 heavy (non-hydrogen) atoms. The van der Waals surface area contributed by atoms with E-state index in [0.29, 0.717) is 48.7 Å². The Morgan fingerprint density at radius 2 is 1.95 bits per heavy atom. The van der Waals surface area contributed by atoms with E-state index in [0.717, 1.165) is 37.2 Å². The van der Waals surface area contributed by atoms with Crippen molar-refractivity contribution in [3.8, 4) is 5.69 Å². The van der Waals surface area contributed by atoms with Gasteiger partial charge in [-0.25, -0.2) is 4.98 Å². The Morgan fingerprint density at radius 1 is 1.22 bits per heavy atom. The zero-order valence-electron chi connectivity index (χ0n) is 21.0. The molecule has 0 radical (unpaired) electrons. The zero-order chi connectivity index (χ0) is 25.8. The number of nitrogens with one attached hydrogen (secondary N) is 1. The van der Waals surface area contributed by atoms with Gasteiger partial charge >= 0.3 is 0 Å². The van der Waals surface area contributed by atoms with Crippen LogP contribution in [0.5, 0.6) is 0 Å². The Kier molecular flexibility index (Phi) is 6.14. The molecule has 2 N–H and O–H groups in total. The van der Waals surface area contributed by atoms with Crippen molar-refractivity contribution in [2.24, 2.45) is 5.41 Å². The van der Waals surface area contributed by atoms with Gasteiger partial charge < -0.3 is 20.1 Å². The molecule has 196 valence electrons. The van der Waals surface area contributed by atoms with Crippen LogP contribution in [0.2, 0.25) is 5.15 Å². The van der Waals surface area contributed by atoms with Crippen molar-refractivity contribution in [1.29, 1.82) is 0 Å². The molecule has 2 aliphatic heterocycles. The number of morpholine rings is 1. The molecular weight excluding hydrogens is 494 g/mol. The number of carbonyl (C=O) groups excluding carboxylic acids is 1. The van der Waals surface area contributed by atoms with Crippen molar-refractivity contribution >= 4 is 28.5 Å². The number of aromatic nitrogens is 3. The summed E-state index contributed by atoms with van der Waals surface area (Å²) in [6.07, 6.45) is 4.21. The highest BCUT2D eigenvalue weighted by molar-refractivity contribution is 6.31. The van der Waals surface area contributed by atoms with E-state index in [1.165, 1.54) is 10.9 Å². The molecule has 0 spiro atoms. The van der Waals surface area contributed by atoms with Crippen LogP contribution >= 0.6 is 11.6 Å². The molecule has 9 nitrogen and oxygen atoms in total. The summed E-state index contributed by atoms with van der Waals surface area (Å²) < 4.78 is 9.04. The van der Waals surface area contributed by atoms with Gasteiger partial charge in [-0.05, 0) is 49.4 Å². The van der Waals surface area contributed by atoms with Crippen molar-refractivity contribution in [2.45, 2.75) is 50.9 Å². The van der Waals surface area contributed by atoms with Crippen LogP contribution in [0.1, 0.15) is 44.3 Å². The lowest BCUT2D eigenvalue weighted by Crippen LogP contribution is -2.51. The molecule has 4 heterocycles. The highest BCUT2D eigenvalue weighted by Crippen LogP contribution is 2.47. The lowest BCUT2D eigenvalue weighted by atomic mass is 9.90. The molecule has 1 saturated carbocycles. The Labute approximate surface area is 220 Å². The van der Waals surface area contributed by atoms with Crippen LogP contribution in [-0.4, -0.2) is 68.4 Å². The van der Waals surface area contributed by atoms with Gasteiger partial charge in [0.2, 0.25) is 5.91 Å². The molecule has 1 amide bonds. The van der Waals surface area contributed by atoms with Gasteiger partial charge in [0.15, 0.2) is 5.65 Å². The fraction of sp³-hybridized carbons (Fsp3) is 0.519. The Balaban J connectivity index is 1.21. The Hall–Kier alpha value is -2.72. The third kappa shape index (κ3) is 4.58. The van der Waals surface area contributed by atoms with Crippen molar-refractivity contribution < 1.29 is 14.6 Å². The van der Waals surface area contributed by atoms with Crippen molar-refractivity contribution in [3.05, 3.63) is 57.7 Å². The summed E-state index contributed by atoms with van der Waals surface area (Å²) in [5.74, 6) is 0.182. The van der Waals surface area contributed by atoms with Crippen LogP contribution in [0.4, 0.5) is 0 Å². The topological polar surface area (TPSA) is 102 Å². The summed E-state index contributed by atoms with van der Waals surface area (Å²) in [5, 5.41) is 15.4. The van der Waals surface area contributed by atoms with Crippen LogP contribution in [0.25, 0.3) is 16.7 Å². The third-order valence-corrected chi connectivity index (χ3v) is 8.43. The summed E-state index contributed by atoms with van der Waals surface area (Å²) in [7, 11) is 0. The molecule has 3 aromatic rings. The van der Waals surface area contributed by atoms with Crippen LogP contribution in [0, 0.1) is 5.41 Å². The maximum Gasteiger partial charge on any atom is 0.262 e. The molecular formula is C27H32ClN5O4. The van der Waals surface area contributed by atoms with Gasteiger partial charge in [-0.15, -0.1) is 0 Å². The second-order valence-corrected chi connectivity index (χ2v) is 11.3. The van der Waals surface area contributed by atoms with Gasteiger partial charge in [0.1, 0.15) is 11.5 Å². The van der Waals surface area contributed by atoms with Crippen molar-refractivity contribution in [2.75, 3.05) is 32.8 Å². The molecule has 6 rings (SSSR count). The zero-order valence-corrected chi connectivity index (χ0v) is 21.7. The van der Waals surface area contributed by atoms with E-state index in [-0.39, 0.29) is 29.5 Å². The van der Waals surface area contributed by atoms with Gasteiger partial charge in [0.25, 0.3) is 5.56 Å². The SMILES string of the molecule is CC1(C(=O)N2CCC(O)(Cn3cnc4c(cc(Cl)n4-c4ccc(C5CNCCO5)cc4)c3=O)CC2)CC1. The number of piperidine rings is 1. The number of fused-ring (bicyclic) bond motifs is 1. The normalized spacial score (nSPS) is 22.8. The third-order valence-electron chi connectivity index (χ3n) is 8.15. The lowest BCUT2D eigenvalue weighted by Gasteiger charge is -2.39. The fourth-order valence-electron chi connectivity index (χ4n) is 5.45. The summed E-state index contributed by atoms with van der Waals surface area (Å²) in [6.45, 7) is 5.43. The smallest absolute Gasteiger partial charge is 0.262 e. The molecule has 3 aliphatic rings. The fourth-order valence-corrected chi connectivity index (χ4v) is 5.73. The molecule has 2 saturated heterocycles. The summed E-state index contributed by atoms with van der Waals surface area (Å²) in [5.41, 5.74) is 0.817. The molecule has 1 unspecified atom stereocenters. The second kappa shape index (κ2) is 9.23. The minimum atomic E-state index is -1.07. The van der Waals surface area contributed by atoms with E-state index < -0.39 is 5.60 Å². The molecule has 3 fully saturated rings. The maximum atomic E-state index is 13.4. The van der Waals surface area contributed by atoms with E-state index in [1.54, 1.807) is 10.6 Å². The summed E-state index contributed by atoms with van der Waals surface area (Å²) >= 11 is 6.58.